The molecule has 0 bridgehead atoms. The Hall–Kier alpha value is -3.12. The summed E-state index contributed by atoms with van der Waals surface area (Å²) in [6.07, 6.45) is 0.235. The predicted molar refractivity (Wildman–Crippen MR) is 124 cm³/mol. The highest BCUT2D eigenvalue weighted by atomic mass is 32.2. The number of amides is 3. The molecule has 1 aliphatic carbocycles. The number of ether oxygens (including phenoxy) is 1. The summed E-state index contributed by atoms with van der Waals surface area (Å²) in [7, 11) is -8.22. The normalized spacial score (nSPS) is 18.5. The van der Waals surface area contributed by atoms with Crippen LogP contribution in [-0.4, -0.2) is 41.1 Å². The molecule has 0 heterocycles. The summed E-state index contributed by atoms with van der Waals surface area (Å²) in [6, 6.07) is 10.3. The molecule has 184 valence electrons. The molecule has 10 nitrogen and oxygen atoms in total. The summed E-state index contributed by atoms with van der Waals surface area (Å²) in [5.41, 5.74) is 1.73. The van der Waals surface area contributed by atoms with Crippen molar-refractivity contribution in [3.63, 3.8) is 0 Å². The van der Waals surface area contributed by atoms with Crippen molar-refractivity contribution in [3.05, 3.63) is 59.7 Å². The lowest BCUT2D eigenvalue weighted by atomic mass is 9.92. The first-order chi connectivity index (χ1) is 16.0. The largest absolute Gasteiger partial charge is 0.443 e. The van der Waals surface area contributed by atoms with E-state index in [1.54, 1.807) is 31.2 Å². The third-order valence-electron chi connectivity index (χ3n) is 5.38. The summed E-state index contributed by atoms with van der Waals surface area (Å²) in [5, 5.41) is 2.53. The van der Waals surface area contributed by atoms with Gasteiger partial charge >= 0.3 is 12.1 Å². The Labute approximate surface area is 199 Å². The van der Waals surface area contributed by atoms with Gasteiger partial charge in [-0.3, -0.25) is 0 Å². The second-order valence-electron chi connectivity index (χ2n) is 8.15. The van der Waals surface area contributed by atoms with Crippen LogP contribution in [0.15, 0.2) is 58.3 Å². The van der Waals surface area contributed by atoms with Crippen molar-refractivity contribution < 1.29 is 31.2 Å². The van der Waals surface area contributed by atoms with Gasteiger partial charge < -0.3 is 10.1 Å². The standard InChI is InChI=1S/C22H27N3O7S2/c1-15-7-11-17(12-8-15)33(28,29)24-21(26)23-19-5-3-4-6-20(19)32-22(27)25-34(30,31)18-13-9-16(2)10-14-18/h7-14,19-20H,3-6H2,1-2H3,(H,25,27)(H2,23,24,26)/t19-,20-/m1/s1. The van der Waals surface area contributed by atoms with Crippen LogP contribution in [0.1, 0.15) is 36.8 Å². The van der Waals surface area contributed by atoms with Crippen molar-refractivity contribution in [2.24, 2.45) is 0 Å². The number of sulfonamides is 2. The van der Waals surface area contributed by atoms with E-state index in [-0.39, 0.29) is 9.79 Å². The highest BCUT2D eigenvalue weighted by molar-refractivity contribution is 7.90. The van der Waals surface area contributed by atoms with Gasteiger partial charge in [0.05, 0.1) is 15.8 Å². The maximum absolute atomic E-state index is 12.4. The summed E-state index contributed by atoms with van der Waals surface area (Å²) in [6.45, 7) is 3.61. The lowest BCUT2D eigenvalue weighted by Crippen LogP contribution is -2.52. The molecule has 0 radical (unpaired) electrons. The van der Waals surface area contributed by atoms with E-state index < -0.39 is 44.3 Å². The zero-order valence-electron chi connectivity index (χ0n) is 18.8. The number of carbonyl (C=O) groups excluding carboxylic acids is 2. The van der Waals surface area contributed by atoms with E-state index in [1.807, 2.05) is 16.4 Å². The summed E-state index contributed by atoms with van der Waals surface area (Å²) >= 11 is 0. The molecule has 0 aromatic heterocycles. The number of urea groups is 1. The van der Waals surface area contributed by atoms with Crippen LogP contribution in [0.3, 0.4) is 0 Å². The minimum Gasteiger partial charge on any atom is -0.443 e. The van der Waals surface area contributed by atoms with Crippen LogP contribution >= 0.6 is 0 Å². The second kappa shape index (κ2) is 10.4. The zero-order valence-corrected chi connectivity index (χ0v) is 20.4. The van der Waals surface area contributed by atoms with E-state index in [1.165, 1.54) is 24.3 Å². The SMILES string of the molecule is Cc1ccc(S(=O)(=O)NC(=O)N[C@@H]2CCCC[C@H]2OC(=O)NS(=O)(=O)c2ccc(C)cc2)cc1. The molecule has 3 amide bonds. The van der Waals surface area contributed by atoms with E-state index >= 15 is 0 Å². The van der Waals surface area contributed by atoms with Gasteiger partial charge in [0.25, 0.3) is 20.0 Å². The van der Waals surface area contributed by atoms with E-state index in [4.69, 9.17) is 4.74 Å². The quantitative estimate of drug-likeness (QED) is 0.542. The van der Waals surface area contributed by atoms with E-state index in [0.29, 0.717) is 19.3 Å². The van der Waals surface area contributed by atoms with Crippen LogP contribution in [0, 0.1) is 13.8 Å². The van der Waals surface area contributed by atoms with E-state index in [2.05, 4.69) is 5.32 Å². The van der Waals surface area contributed by atoms with Crippen molar-refractivity contribution >= 4 is 32.2 Å². The van der Waals surface area contributed by atoms with E-state index in [9.17, 15) is 26.4 Å². The molecule has 34 heavy (non-hydrogen) atoms. The minimum atomic E-state index is -4.13. The van der Waals surface area contributed by atoms with Gasteiger partial charge in [-0.2, -0.15) is 0 Å². The number of nitrogens with one attached hydrogen (secondary N) is 3. The molecule has 0 unspecified atom stereocenters. The molecule has 0 saturated heterocycles. The molecule has 2 aromatic carbocycles. The fraction of sp³-hybridized carbons (Fsp3) is 0.364. The monoisotopic (exact) mass is 509 g/mol. The first-order valence-electron chi connectivity index (χ1n) is 10.7. The molecule has 2 aromatic rings. The maximum atomic E-state index is 12.4. The Morgan fingerprint density at radius 2 is 1.24 bits per heavy atom. The Balaban J connectivity index is 1.61. The van der Waals surface area contributed by atoms with E-state index in [0.717, 1.165) is 17.5 Å². The van der Waals surface area contributed by atoms with Crippen LogP contribution in [0.2, 0.25) is 0 Å². The predicted octanol–water partition coefficient (Wildman–Crippen LogP) is 2.72. The molecule has 2 atom stereocenters. The number of benzene rings is 2. The van der Waals surface area contributed by atoms with Gasteiger partial charge in [-0.1, -0.05) is 41.8 Å². The number of carbonyl (C=O) groups is 2. The van der Waals surface area contributed by atoms with Crippen LogP contribution in [-0.2, 0) is 24.8 Å². The Bertz CT molecular complexity index is 1140. The molecule has 1 fully saturated rings. The summed E-state index contributed by atoms with van der Waals surface area (Å²) in [4.78, 5) is 24.5. The minimum absolute atomic E-state index is 0.0645. The summed E-state index contributed by atoms with van der Waals surface area (Å²) < 4.78 is 58.8. The molecule has 0 spiro atoms. The number of hydrogen-bond acceptors (Lipinski definition) is 7. The van der Waals surface area contributed by atoms with Gasteiger partial charge in [0.2, 0.25) is 0 Å². The molecular weight excluding hydrogens is 482 g/mol. The highest BCUT2D eigenvalue weighted by Gasteiger charge is 2.32. The molecule has 12 heteroatoms. The van der Waals surface area contributed by atoms with Crippen molar-refractivity contribution in [2.45, 2.75) is 61.5 Å². The molecule has 3 N–H and O–H groups in total. The molecular formula is C22H27N3O7S2. The van der Waals surface area contributed by atoms with Crippen LogP contribution in [0.25, 0.3) is 0 Å². The highest BCUT2D eigenvalue weighted by Crippen LogP contribution is 2.22. The number of rotatable bonds is 6. The fourth-order valence-corrected chi connectivity index (χ4v) is 5.34. The van der Waals surface area contributed by atoms with Gasteiger partial charge in [-0.15, -0.1) is 0 Å². The Kier molecular flexibility index (Phi) is 7.82. The third-order valence-corrected chi connectivity index (χ3v) is 8.06. The molecule has 3 rings (SSSR count). The van der Waals surface area contributed by atoms with Crippen molar-refractivity contribution in [1.82, 2.24) is 14.8 Å². The number of aryl methyl sites for hydroxylation is 2. The van der Waals surface area contributed by atoms with Crippen molar-refractivity contribution in [2.75, 3.05) is 0 Å². The second-order valence-corrected chi connectivity index (χ2v) is 11.5. The topological polar surface area (TPSA) is 148 Å². The zero-order chi connectivity index (χ0) is 24.9. The molecule has 0 aliphatic heterocycles. The van der Waals surface area contributed by atoms with Crippen molar-refractivity contribution in [3.8, 4) is 0 Å². The lowest BCUT2D eigenvalue weighted by Gasteiger charge is -2.31. The van der Waals surface area contributed by atoms with Crippen LogP contribution in [0.5, 0.6) is 0 Å². The maximum Gasteiger partial charge on any atom is 0.421 e. The van der Waals surface area contributed by atoms with Crippen LogP contribution in [0.4, 0.5) is 9.59 Å². The first-order valence-corrected chi connectivity index (χ1v) is 13.6. The molecule has 1 aliphatic rings. The Morgan fingerprint density at radius 3 is 1.76 bits per heavy atom. The van der Waals surface area contributed by atoms with Gasteiger partial charge in [0.15, 0.2) is 0 Å². The third kappa shape index (κ3) is 6.70. The fourth-order valence-electron chi connectivity index (χ4n) is 3.55. The smallest absolute Gasteiger partial charge is 0.421 e. The van der Waals surface area contributed by atoms with Gasteiger partial charge in [-0.25, -0.2) is 35.9 Å². The average molecular weight is 510 g/mol. The summed E-state index contributed by atoms with van der Waals surface area (Å²) in [5.74, 6) is 0. The molecule has 1 saturated carbocycles. The number of hydrogen-bond donors (Lipinski definition) is 3. The Morgan fingerprint density at radius 1 is 0.765 bits per heavy atom. The van der Waals surface area contributed by atoms with Gasteiger partial charge in [-0.05, 0) is 57.4 Å². The lowest BCUT2D eigenvalue weighted by molar-refractivity contribution is 0.0588. The van der Waals surface area contributed by atoms with Crippen molar-refractivity contribution in [1.29, 1.82) is 0 Å². The van der Waals surface area contributed by atoms with Gasteiger partial charge in [0, 0.05) is 0 Å². The van der Waals surface area contributed by atoms with Crippen LogP contribution < -0.4 is 14.8 Å². The van der Waals surface area contributed by atoms with Gasteiger partial charge in [0.1, 0.15) is 6.10 Å². The average Bonchev–Trinajstić information content (AvgIpc) is 2.75. The first kappa shape index (κ1) is 25.5.